The molecule has 6 aliphatic rings. The fourth-order valence-electron chi connectivity index (χ4n) is 6.88. The molecule has 7 nitrogen and oxygen atoms in total. The van der Waals surface area contributed by atoms with Crippen LogP contribution in [0.1, 0.15) is 29.5 Å². The summed E-state index contributed by atoms with van der Waals surface area (Å²) in [6.07, 6.45) is 4.52. The van der Waals surface area contributed by atoms with Gasteiger partial charge in [0.05, 0.1) is 18.4 Å². The van der Waals surface area contributed by atoms with E-state index in [-0.39, 0.29) is 55.1 Å². The summed E-state index contributed by atoms with van der Waals surface area (Å²) >= 11 is 3.72. The van der Waals surface area contributed by atoms with E-state index in [4.69, 9.17) is 9.47 Å². The third-order valence-corrected chi connectivity index (χ3v) is 9.42. The van der Waals surface area contributed by atoms with Gasteiger partial charge in [0.2, 0.25) is 18.6 Å². The summed E-state index contributed by atoms with van der Waals surface area (Å²) in [5.74, 6) is 1.10. The molecule has 4 aliphatic heterocycles. The second-order valence-electron chi connectivity index (χ2n) is 10.6. The van der Waals surface area contributed by atoms with E-state index in [1.807, 2.05) is 36.4 Å². The molecule has 0 aromatic heterocycles. The SMILES string of the molecule is CN1C(=O)C2C(C1=O)C1C=C(c3ccc(CO)cc3)C2C(C2CC2)N1Cc1cc2c(cc1Br)OCO2. The van der Waals surface area contributed by atoms with Crippen molar-refractivity contribution in [3.63, 3.8) is 0 Å². The molecule has 3 fully saturated rings. The number of hydrogen-bond donors (Lipinski definition) is 1. The summed E-state index contributed by atoms with van der Waals surface area (Å²) in [4.78, 5) is 30.6. The van der Waals surface area contributed by atoms with Crippen molar-refractivity contribution in [1.29, 1.82) is 0 Å². The fourth-order valence-corrected chi connectivity index (χ4v) is 7.32. The number of benzene rings is 2. The number of piperidine rings is 1. The smallest absolute Gasteiger partial charge is 0.234 e. The first kappa shape index (κ1) is 22.5. The molecule has 0 radical (unpaired) electrons. The molecular weight excluding hydrogens is 524 g/mol. The van der Waals surface area contributed by atoms with Gasteiger partial charge < -0.3 is 14.6 Å². The van der Waals surface area contributed by atoms with Crippen LogP contribution < -0.4 is 9.47 Å². The van der Waals surface area contributed by atoms with Crippen molar-refractivity contribution in [1.82, 2.24) is 9.80 Å². The largest absolute Gasteiger partial charge is 0.454 e. The summed E-state index contributed by atoms with van der Waals surface area (Å²) in [5, 5.41) is 9.51. The van der Waals surface area contributed by atoms with Crippen LogP contribution in [0.25, 0.3) is 5.57 Å². The lowest BCUT2D eigenvalue weighted by Gasteiger charge is -2.55. The summed E-state index contributed by atoms with van der Waals surface area (Å²) in [6, 6.07) is 12.0. The maximum Gasteiger partial charge on any atom is 0.234 e. The number of halogens is 1. The topological polar surface area (TPSA) is 79.3 Å². The van der Waals surface area contributed by atoms with Crippen LogP contribution in [0.3, 0.4) is 0 Å². The van der Waals surface area contributed by atoms with Crippen molar-refractivity contribution in [3.8, 4) is 11.5 Å². The van der Waals surface area contributed by atoms with Crippen molar-refractivity contribution < 1.29 is 24.2 Å². The van der Waals surface area contributed by atoms with E-state index in [0.717, 1.165) is 45.5 Å². The van der Waals surface area contributed by atoms with Gasteiger partial charge in [0.15, 0.2) is 11.5 Å². The molecule has 2 aromatic carbocycles. The number of imide groups is 1. The Balaban J connectivity index is 1.34. The first-order valence-electron chi connectivity index (χ1n) is 12.5. The molecule has 8 rings (SSSR count). The number of aliphatic hydroxyl groups excluding tert-OH is 1. The highest BCUT2D eigenvalue weighted by Gasteiger charge is 2.64. The molecule has 4 heterocycles. The summed E-state index contributed by atoms with van der Waals surface area (Å²) in [7, 11) is 1.63. The van der Waals surface area contributed by atoms with Crippen LogP contribution in [0.4, 0.5) is 0 Å². The van der Waals surface area contributed by atoms with E-state index >= 15 is 0 Å². The minimum atomic E-state index is -0.365. The fraction of sp³-hybridized carbons (Fsp3) is 0.429. The number of aliphatic hydroxyl groups is 1. The average molecular weight is 551 g/mol. The molecule has 2 aliphatic carbocycles. The van der Waals surface area contributed by atoms with Crippen LogP contribution in [0.15, 0.2) is 46.9 Å². The van der Waals surface area contributed by atoms with Crippen molar-refractivity contribution in [2.45, 2.75) is 38.1 Å². The Bertz CT molecular complexity index is 1300. The second-order valence-corrected chi connectivity index (χ2v) is 11.4. The van der Waals surface area contributed by atoms with Gasteiger partial charge in [-0.1, -0.05) is 46.3 Å². The van der Waals surface area contributed by atoms with Gasteiger partial charge in [-0.3, -0.25) is 19.4 Å². The zero-order chi connectivity index (χ0) is 24.7. The Morgan fingerprint density at radius 3 is 2.39 bits per heavy atom. The maximum absolute atomic E-state index is 13.4. The van der Waals surface area contributed by atoms with Gasteiger partial charge in [-0.15, -0.1) is 0 Å². The zero-order valence-corrected chi connectivity index (χ0v) is 21.5. The van der Waals surface area contributed by atoms with E-state index in [0.29, 0.717) is 12.5 Å². The Morgan fingerprint density at radius 1 is 1.00 bits per heavy atom. The Hall–Kier alpha value is -2.68. The van der Waals surface area contributed by atoms with Gasteiger partial charge in [0.1, 0.15) is 0 Å². The maximum atomic E-state index is 13.4. The molecule has 2 amide bonds. The average Bonchev–Trinajstić information content (AvgIpc) is 3.59. The predicted molar refractivity (Wildman–Crippen MR) is 135 cm³/mol. The van der Waals surface area contributed by atoms with E-state index in [1.54, 1.807) is 7.05 Å². The molecule has 1 N–H and O–H groups in total. The first-order valence-corrected chi connectivity index (χ1v) is 13.3. The van der Waals surface area contributed by atoms with Crippen LogP contribution >= 0.6 is 15.9 Å². The lowest BCUT2D eigenvalue weighted by molar-refractivity contribution is -0.138. The van der Waals surface area contributed by atoms with Crippen molar-refractivity contribution >= 4 is 33.3 Å². The lowest BCUT2D eigenvalue weighted by Crippen LogP contribution is -2.62. The monoisotopic (exact) mass is 550 g/mol. The minimum absolute atomic E-state index is 0.00322. The van der Waals surface area contributed by atoms with Gasteiger partial charge in [-0.05, 0) is 53.2 Å². The molecule has 2 bridgehead atoms. The number of carbonyl (C=O) groups excluding carboxylic acids is 2. The van der Waals surface area contributed by atoms with Gasteiger partial charge in [-0.2, -0.15) is 0 Å². The quantitative estimate of drug-likeness (QED) is 0.573. The van der Waals surface area contributed by atoms with Gasteiger partial charge >= 0.3 is 0 Å². The van der Waals surface area contributed by atoms with E-state index in [2.05, 4.69) is 26.9 Å². The van der Waals surface area contributed by atoms with E-state index < -0.39 is 0 Å². The van der Waals surface area contributed by atoms with Crippen molar-refractivity contribution in [2.75, 3.05) is 13.8 Å². The highest BCUT2D eigenvalue weighted by atomic mass is 79.9. The van der Waals surface area contributed by atoms with Crippen LogP contribution in [-0.4, -0.2) is 52.6 Å². The van der Waals surface area contributed by atoms with Crippen molar-refractivity contribution in [3.05, 3.63) is 63.6 Å². The minimum Gasteiger partial charge on any atom is -0.454 e. The molecule has 1 saturated carbocycles. The standard InChI is InChI=1S/C28H27BrN2O5/c1-30-27(33)24-20-9-18(15-4-2-14(12-32)3-5-15)23(25(24)28(30)34)26(16-6-7-16)31(20)11-17-8-21-22(10-19(17)29)36-13-35-21/h2-5,8-10,16,20,23-26,32H,6-7,11-13H2,1H3. The zero-order valence-electron chi connectivity index (χ0n) is 19.9. The van der Waals surface area contributed by atoms with Gasteiger partial charge in [0.25, 0.3) is 0 Å². The molecular formula is C28H27BrN2O5. The number of amides is 2. The summed E-state index contributed by atoms with van der Waals surface area (Å²) in [6.45, 7) is 0.871. The lowest BCUT2D eigenvalue weighted by atomic mass is 9.60. The van der Waals surface area contributed by atoms with Crippen LogP contribution in [-0.2, 0) is 22.7 Å². The Morgan fingerprint density at radius 2 is 1.69 bits per heavy atom. The first-order chi connectivity index (χ1) is 17.5. The van der Waals surface area contributed by atoms with Crippen molar-refractivity contribution in [2.24, 2.45) is 23.7 Å². The number of ether oxygens (including phenoxy) is 2. The predicted octanol–water partition coefficient (Wildman–Crippen LogP) is 3.58. The normalized spacial score (nSPS) is 30.7. The number of fused-ring (bicyclic) bond motifs is 2. The van der Waals surface area contributed by atoms with E-state index in [9.17, 15) is 14.7 Å². The molecule has 2 saturated heterocycles. The van der Waals surface area contributed by atoms with Crippen LogP contribution in [0, 0.1) is 23.7 Å². The van der Waals surface area contributed by atoms with Gasteiger partial charge in [0, 0.05) is 36.1 Å². The highest BCUT2D eigenvalue weighted by molar-refractivity contribution is 9.10. The molecule has 5 unspecified atom stereocenters. The Labute approximate surface area is 217 Å². The number of carbonyl (C=O) groups is 2. The van der Waals surface area contributed by atoms with E-state index in [1.165, 1.54) is 10.5 Å². The Kier molecular flexibility index (Phi) is 5.10. The third kappa shape index (κ3) is 3.24. The van der Waals surface area contributed by atoms with Crippen LogP contribution in [0.2, 0.25) is 0 Å². The second kappa shape index (κ2) is 8.16. The summed E-state index contributed by atoms with van der Waals surface area (Å²) < 4.78 is 12.1. The molecule has 36 heavy (non-hydrogen) atoms. The van der Waals surface area contributed by atoms with Gasteiger partial charge in [-0.25, -0.2) is 0 Å². The molecule has 5 atom stereocenters. The number of hydrogen-bond acceptors (Lipinski definition) is 6. The molecule has 0 spiro atoms. The number of rotatable bonds is 5. The number of nitrogens with zero attached hydrogens (tertiary/aromatic N) is 2. The van der Waals surface area contributed by atoms with Crippen LogP contribution in [0.5, 0.6) is 11.5 Å². The molecule has 8 heteroatoms. The number of likely N-dealkylation sites (tertiary alicyclic amines) is 1. The molecule has 2 aromatic rings. The third-order valence-electron chi connectivity index (χ3n) is 8.69. The molecule has 186 valence electrons. The summed E-state index contributed by atoms with van der Waals surface area (Å²) in [5.41, 5.74) is 4.18. The highest BCUT2D eigenvalue weighted by Crippen LogP contribution is 2.58.